The molecule has 0 amide bonds. The van der Waals surface area contributed by atoms with Gasteiger partial charge in [0.15, 0.2) is 30.7 Å². The molecule has 1 N–H and O–H groups in total. The van der Waals surface area contributed by atoms with Gasteiger partial charge in [0.25, 0.3) is 0 Å². The van der Waals surface area contributed by atoms with E-state index in [-0.39, 0.29) is 10.8 Å². The van der Waals surface area contributed by atoms with E-state index in [4.69, 9.17) is 13.9 Å². The number of rotatable bonds is 15. The molecule has 0 bridgehead atoms. The maximum Gasteiger partial charge on any atom is 0.357 e. The number of anilines is 1. The number of unbranched alkanes of at least 4 members (excludes halogenated alkanes) is 2. The van der Waals surface area contributed by atoms with Crippen molar-refractivity contribution in [3.8, 4) is 17.6 Å². The van der Waals surface area contributed by atoms with Gasteiger partial charge in [-0.15, -0.1) is 11.3 Å². The lowest BCUT2D eigenvalue weighted by molar-refractivity contribution is 0.0593. The minimum Gasteiger partial charge on any atom is -0.491 e. The first-order valence-electron chi connectivity index (χ1n) is 13.9. The molecule has 7 nitrogen and oxygen atoms in total. The molecule has 1 aromatic carbocycles. The maximum absolute atomic E-state index is 14.4. The second kappa shape index (κ2) is 16.1. The van der Waals surface area contributed by atoms with Crippen molar-refractivity contribution in [1.82, 2.24) is 9.88 Å². The van der Waals surface area contributed by atoms with E-state index in [0.29, 0.717) is 42.4 Å². The molecule has 2 rings (SSSR count). The van der Waals surface area contributed by atoms with Crippen molar-refractivity contribution in [2.75, 3.05) is 52.8 Å². The van der Waals surface area contributed by atoms with Crippen LogP contribution in [0.4, 0.5) is 9.52 Å². The average molecular weight is 592 g/mol. The van der Waals surface area contributed by atoms with Gasteiger partial charge in [0.2, 0.25) is 0 Å². The average Bonchev–Trinajstić information content (AvgIpc) is 3.28. The van der Waals surface area contributed by atoms with Crippen LogP contribution in [0.15, 0.2) is 18.2 Å². The number of esters is 1. The van der Waals surface area contributed by atoms with Crippen molar-refractivity contribution in [3.05, 3.63) is 40.2 Å². The molecule has 1 heterocycles. The van der Waals surface area contributed by atoms with E-state index >= 15 is 0 Å². The molecule has 0 spiro atoms. The minimum atomic E-state index is -1.69. The third kappa shape index (κ3) is 11.2. The second-order valence-electron chi connectivity index (χ2n) is 11.5. The van der Waals surface area contributed by atoms with Crippen LogP contribution in [0.5, 0.6) is 5.75 Å². The van der Waals surface area contributed by atoms with Crippen LogP contribution >= 0.6 is 11.3 Å². The third-order valence-electron chi connectivity index (χ3n) is 6.81. The number of halogens is 1. The van der Waals surface area contributed by atoms with Crippen LogP contribution < -0.4 is 10.1 Å². The zero-order valence-electron chi connectivity index (χ0n) is 25.4. The molecule has 0 unspecified atom stereocenters. The minimum absolute atomic E-state index is 0.188. The fourth-order valence-electron chi connectivity index (χ4n) is 3.41. The Morgan fingerprint density at radius 2 is 1.90 bits per heavy atom. The molecule has 222 valence electrons. The van der Waals surface area contributed by atoms with E-state index in [9.17, 15) is 9.18 Å². The summed E-state index contributed by atoms with van der Waals surface area (Å²) in [5.41, 5.74) is 0.934. The van der Waals surface area contributed by atoms with Crippen LogP contribution in [0, 0.1) is 17.7 Å². The zero-order valence-corrected chi connectivity index (χ0v) is 27.2. The second-order valence-corrected chi connectivity index (χ2v) is 17.4. The Bertz CT molecular complexity index is 1150. The van der Waals surface area contributed by atoms with Crippen LogP contribution in [-0.2, 0) is 15.6 Å². The quantitative estimate of drug-likeness (QED) is 0.108. The lowest BCUT2D eigenvalue weighted by Crippen LogP contribution is -2.40. The third-order valence-corrected chi connectivity index (χ3v) is 12.4. The normalized spacial score (nSPS) is 11.8. The van der Waals surface area contributed by atoms with Gasteiger partial charge in [0, 0.05) is 23.6 Å². The molecule has 40 heavy (non-hydrogen) atoms. The van der Waals surface area contributed by atoms with Gasteiger partial charge in [-0.05, 0) is 82.5 Å². The maximum atomic E-state index is 14.4. The van der Waals surface area contributed by atoms with Crippen LogP contribution in [-0.4, -0.2) is 71.7 Å². The van der Waals surface area contributed by atoms with E-state index in [1.165, 1.54) is 24.5 Å². The number of nitrogens with one attached hydrogen (secondary N) is 1. The lowest BCUT2D eigenvalue weighted by atomic mass is 10.2. The highest BCUT2D eigenvalue weighted by molar-refractivity contribution is 7.15. The summed E-state index contributed by atoms with van der Waals surface area (Å²) < 4.78 is 31.3. The van der Waals surface area contributed by atoms with Crippen molar-refractivity contribution < 1.29 is 23.1 Å². The van der Waals surface area contributed by atoms with Gasteiger partial charge in [-0.3, -0.25) is 4.90 Å². The molecule has 0 saturated carbocycles. The standard InChI is InChI=1S/C30H46FN3O4SSi/c1-30(2,3)40(7,8)38-21-11-9-10-18-32-29-33-27(28(35)36-6)26(39-29)15-13-20-37-25-17-16-23(22-24(25)31)14-12-19-34(4)5/h16-17,22H,9-11,13,15,18-21H2,1-8H3,(H,32,33). The van der Waals surface area contributed by atoms with E-state index in [1.54, 1.807) is 12.1 Å². The van der Waals surface area contributed by atoms with Crippen molar-refractivity contribution in [2.24, 2.45) is 0 Å². The van der Waals surface area contributed by atoms with Crippen molar-refractivity contribution in [2.45, 2.75) is 71.0 Å². The predicted octanol–water partition coefficient (Wildman–Crippen LogP) is 6.60. The fraction of sp³-hybridized carbons (Fsp3) is 0.600. The summed E-state index contributed by atoms with van der Waals surface area (Å²) >= 11 is 1.45. The molecule has 0 saturated heterocycles. The molecular weight excluding hydrogens is 545 g/mol. The Balaban J connectivity index is 1.80. The number of hydrogen-bond donors (Lipinski definition) is 1. The first-order chi connectivity index (χ1) is 18.8. The summed E-state index contributed by atoms with van der Waals surface area (Å²) in [6, 6.07) is 4.73. The van der Waals surface area contributed by atoms with Gasteiger partial charge in [-0.2, -0.15) is 0 Å². The van der Waals surface area contributed by atoms with Gasteiger partial charge < -0.3 is 19.2 Å². The summed E-state index contributed by atoms with van der Waals surface area (Å²) in [6.45, 7) is 13.8. The number of nitrogens with zero attached hydrogens (tertiary/aromatic N) is 2. The first-order valence-corrected chi connectivity index (χ1v) is 17.6. The molecule has 0 radical (unpaired) electrons. The van der Waals surface area contributed by atoms with Crippen molar-refractivity contribution in [1.29, 1.82) is 0 Å². The van der Waals surface area contributed by atoms with Crippen LogP contribution in [0.25, 0.3) is 0 Å². The van der Waals surface area contributed by atoms with Gasteiger partial charge in [-0.1, -0.05) is 32.6 Å². The Kier molecular flexibility index (Phi) is 13.6. The number of carbonyl (C=O) groups excluding carboxylic acids is 1. The fourth-order valence-corrected chi connectivity index (χ4v) is 5.51. The SMILES string of the molecule is COC(=O)c1nc(NCCCCCO[Si](C)(C)C(C)(C)C)sc1CCCOc1ccc(C#CCN(C)C)cc1F. The number of hydrogen-bond acceptors (Lipinski definition) is 8. The Hall–Kier alpha value is -2.45. The summed E-state index contributed by atoms with van der Waals surface area (Å²) in [4.78, 5) is 19.5. The largest absolute Gasteiger partial charge is 0.491 e. The summed E-state index contributed by atoms with van der Waals surface area (Å²) in [5, 5.41) is 4.26. The highest BCUT2D eigenvalue weighted by Gasteiger charge is 2.36. The monoisotopic (exact) mass is 591 g/mol. The topological polar surface area (TPSA) is 72.9 Å². The number of aryl methyl sites for hydroxylation is 1. The molecule has 0 fully saturated rings. The molecule has 10 heteroatoms. The molecule has 0 aliphatic heterocycles. The summed E-state index contributed by atoms with van der Waals surface area (Å²) in [6.07, 6.45) is 4.25. The van der Waals surface area contributed by atoms with Crippen LogP contribution in [0.2, 0.25) is 18.1 Å². The highest BCUT2D eigenvalue weighted by atomic mass is 32.1. The molecular formula is C30H46FN3O4SSi. The number of methoxy groups -OCH3 is 1. The van der Waals surface area contributed by atoms with E-state index in [1.807, 2.05) is 19.0 Å². The van der Waals surface area contributed by atoms with Crippen LogP contribution in [0.3, 0.4) is 0 Å². The summed E-state index contributed by atoms with van der Waals surface area (Å²) in [7, 11) is 3.52. The number of benzene rings is 1. The molecule has 1 aromatic heterocycles. The first kappa shape index (κ1) is 33.8. The van der Waals surface area contributed by atoms with Crippen molar-refractivity contribution in [3.63, 3.8) is 0 Å². The Morgan fingerprint density at radius 3 is 2.55 bits per heavy atom. The van der Waals surface area contributed by atoms with Gasteiger partial charge in [-0.25, -0.2) is 14.2 Å². The van der Waals surface area contributed by atoms with Crippen molar-refractivity contribution >= 4 is 30.8 Å². The molecule has 0 aliphatic carbocycles. The number of aromatic nitrogens is 1. The van der Waals surface area contributed by atoms with E-state index in [2.05, 4.69) is 56.0 Å². The highest BCUT2D eigenvalue weighted by Crippen LogP contribution is 2.36. The summed E-state index contributed by atoms with van der Waals surface area (Å²) in [5.74, 6) is 5.22. The van der Waals surface area contributed by atoms with E-state index in [0.717, 1.165) is 37.3 Å². The predicted molar refractivity (Wildman–Crippen MR) is 165 cm³/mol. The molecule has 0 aliphatic rings. The van der Waals surface area contributed by atoms with Gasteiger partial charge in [0.1, 0.15) is 0 Å². The van der Waals surface area contributed by atoms with Gasteiger partial charge in [0.05, 0.1) is 20.3 Å². The zero-order chi connectivity index (χ0) is 29.8. The lowest BCUT2D eigenvalue weighted by Gasteiger charge is -2.36. The molecule has 0 atom stereocenters. The van der Waals surface area contributed by atoms with E-state index < -0.39 is 20.1 Å². The Morgan fingerprint density at radius 1 is 1.15 bits per heavy atom. The van der Waals surface area contributed by atoms with Gasteiger partial charge >= 0.3 is 5.97 Å². The number of thiazole rings is 1. The number of ether oxygens (including phenoxy) is 2. The van der Waals surface area contributed by atoms with Crippen LogP contribution in [0.1, 0.15) is 67.4 Å². The Labute approximate surface area is 244 Å². The smallest absolute Gasteiger partial charge is 0.357 e. The molecule has 2 aromatic rings. The number of carbonyl (C=O) groups is 1.